The van der Waals surface area contributed by atoms with Crippen LogP contribution >= 0.6 is 19.2 Å². The molecule has 0 N–H and O–H groups in total. The summed E-state index contributed by atoms with van der Waals surface area (Å²) in [5.74, 6) is 0. The van der Waals surface area contributed by atoms with E-state index in [-0.39, 0.29) is 0 Å². The third-order valence-electron chi connectivity index (χ3n) is 3.21. The lowest BCUT2D eigenvalue weighted by Crippen LogP contribution is -2.22. The first-order chi connectivity index (χ1) is 6.87. The molecule has 1 aliphatic carbocycles. The molecule has 1 fully saturated rings. The zero-order valence-electron chi connectivity index (χ0n) is 8.30. The molecule has 1 aromatic carbocycles. The van der Waals surface area contributed by atoms with Gasteiger partial charge >= 0.3 is 0 Å². The molecule has 14 heavy (non-hydrogen) atoms. The lowest BCUT2D eigenvalue weighted by Gasteiger charge is -2.35. The van der Waals surface area contributed by atoms with Gasteiger partial charge in [-0.3, -0.25) is 0 Å². The fourth-order valence-corrected chi connectivity index (χ4v) is 4.06. The van der Waals surface area contributed by atoms with Gasteiger partial charge in [0.2, 0.25) is 0 Å². The maximum Gasteiger partial charge on any atom is 0.0265 e. The van der Waals surface area contributed by atoms with Crippen molar-refractivity contribution < 1.29 is 0 Å². The Morgan fingerprint density at radius 1 is 1.00 bits per heavy atom. The Morgan fingerprint density at radius 2 is 1.64 bits per heavy atom. The summed E-state index contributed by atoms with van der Waals surface area (Å²) >= 11 is 6.20. The van der Waals surface area contributed by atoms with Gasteiger partial charge in [0.25, 0.3) is 0 Å². The van der Waals surface area contributed by atoms with Crippen molar-refractivity contribution in [2.45, 2.75) is 37.3 Å². The van der Waals surface area contributed by atoms with Crippen molar-refractivity contribution in [1.82, 2.24) is 0 Å². The van der Waals surface area contributed by atoms with Crippen LogP contribution < -0.4 is 0 Å². The van der Waals surface area contributed by atoms with Crippen LogP contribution in [0.1, 0.15) is 37.7 Å². The van der Waals surface area contributed by atoms with E-state index in [1.54, 1.807) is 0 Å². The molecule has 1 unspecified atom stereocenters. The summed E-state index contributed by atoms with van der Waals surface area (Å²) in [5.41, 5.74) is 1.45. The van der Waals surface area contributed by atoms with Crippen molar-refractivity contribution in [3.63, 3.8) is 0 Å². The Balaban J connectivity index is 2.27. The SMILES string of the molecule is ClPC1(c2ccccc2)CCCCC1. The standard InChI is InChI=1S/C12H16ClP/c13-14-12(9-5-2-6-10-12)11-7-3-1-4-8-11/h1,3-4,7-8,14H,2,5-6,9-10H2. The van der Waals surface area contributed by atoms with Crippen LogP contribution in [0.15, 0.2) is 30.3 Å². The molecule has 0 nitrogen and oxygen atoms in total. The van der Waals surface area contributed by atoms with Gasteiger partial charge < -0.3 is 0 Å². The summed E-state index contributed by atoms with van der Waals surface area (Å²) in [6.07, 6.45) is 6.62. The molecule has 1 aromatic rings. The van der Waals surface area contributed by atoms with Crippen molar-refractivity contribution >= 4 is 19.2 Å². The smallest absolute Gasteiger partial charge is 0.0265 e. The molecule has 0 amide bonds. The lowest BCUT2D eigenvalue weighted by atomic mass is 9.83. The monoisotopic (exact) mass is 226 g/mol. The maximum atomic E-state index is 6.20. The summed E-state index contributed by atoms with van der Waals surface area (Å²) in [4.78, 5) is 0. The largest absolute Gasteiger partial charge is 0.0991 e. The second kappa shape index (κ2) is 4.64. The number of hydrogen-bond donors (Lipinski definition) is 0. The number of rotatable bonds is 2. The van der Waals surface area contributed by atoms with E-state index in [9.17, 15) is 0 Å². The fraction of sp³-hybridized carbons (Fsp3) is 0.500. The van der Waals surface area contributed by atoms with Crippen LogP contribution in [-0.4, -0.2) is 0 Å². The average Bonchev–Trinajstić information content (AvgIpc) is 2.31. The van der Waals surface area contributed by atoms with Crippen molar-refractivity contribution in [2.75, 3.05) is 0 Å². The van der Waals surface area contributed by atoms with Crippen LogP contribution in [0.2, 0.25) is 0 Å². The third-order valence-corrected chi connectivity index (χ3v) is 5.45. The Labute approximate surface area is 92.6 Å². The van der Waals surface area contributed by atoms with E-state index in [0.29, 0.717) is 13.1 Å². The van der Waals surface area contributed by atoms with E-state index in [1.165, 1.54) is 37.7 Å². The molecule has 0 aromatic heterocycles. The first-order valence-corrected chi connectivity index (χ1v) is 7.32. The molecule has 1 saturated carbocycles. The number of hydrogen-bond acceptors (Lipinski definition) is 0. The highest BCUT2D eigenvalue weighted by Crippen LogP contribution is 2.53. The molecule has 0 radical (unpaired) electrons. The van der Waals surface area contributed by atoms with E-state index in [2.05, 4.69) is 30.3 Å². The third kappa shape index (κ3) is 1.97. The van der Waals surface area contributed by atoms with Crippen molar-refractivity contribution in [1.29, 1.82) is 0 Å². The highest BCUT2D eigenvalue weighted by atomic mass is 35.7. The van der Waals surface area contributed by atoms with Crippen LogP contribution in [0, 0.1) is 0 Å². The molecule has 1 aliphatic rings. The molecular formula is C12H16ClP. The summed E-state index contributed by atoms with van der Waals surface area (Å²) in [7, 11) is 0.527. The van der Waals surface area contributed by atoms with Crippen molar-refractivity contribution in [3.05, 3.63) is 35.9 Å². The van der Waals surface area contributed by atoms with Gasteiger partial charge in [-0.15, -0.1) is 0 Å². The Bertz CT molecular complexity index is 278. The van der Waals surface area contributed by atoms with Crippen LogP contribution in [0.25, 0.3) is 0 Å². The van der Waals surface area contributed by atoms with Gasteiger partial charge in [0.1, 0.15) is 0 Å². The van der Waals surface area contributed by atoms with Gasteiger partial charge in [-0.1, -0.05) is 60.8 Å². The molecule has 0 heterocycles. The van der Waals surface area contributed by atoms with Crippen LogP contribution in [0.4, 0.5) is 0 Å². The van der Waals surface area contributed by atoms with Crippen molar-refractivity contribution in [2.24, 2.45) is 0 Å². The summed E-state index contributed by atoms with van der Waals surface area (Å²) in [6, 6.07) is 10.8. The molecule has 0 aliphatic heterocycles. The second-order valence-corrected chi connectivity index (χ2v) is 5.82. The van der Waals surface area contributed by atoms with Gasteiger partial charge in [0.15, 0.2) is 0 Å². The Morgan fingerprint density at radius 3 is 2.21 bits per heavy atom. The van der Waals surface area contributed by atoms with Gasteiger partial charge in [-0.05, 0) is 26.3 Å². The van der Waals surface area contributed by atoms with E-state index in [0.717, 1.165) is 0 Å². The minimum absolute atomic E-state index is 0.307. The number of benzene rings is 1. The van der Waals surface area contributed by atoms with Crippen molar-refractivity contribution in [3.8, 4) is 0 Å². The van der Waals surface area contributed by atoms with E-state index in [1.807, 2.05) is 0 Å². The van der Waals surface area contributed by atoms with Crippen LogP contribution in [0.3, 0.4) is 0 Å². The predicted molar refractivity (Wildman–Crippen MR) is 65.4 cm³/mol. The fourth-order valence-electron chi connectivity index (χ4n) is 2.35. The first kappa shape index (κ1) is 10.5. The molecule has 0 saturated heterocycles. The summed E-state index contributed by atoms with van der Waals surface area (Å²) in [6.45, 7) is 0. The van der Waals surface area contributed by atoms with E-state index >= 15 is 0 Å². The Kier molecular flexibility index (Phi) is 3.47. The quantitative estimate of drug-likeness (QED) is 0.643. The van der Waals surface area contributed by atoms with E-state index < -0.39 is 0 Å². The molecule has 0 spiro atoms. The number of halogens is 1. The van der Waals surface area contributed by atoms with Crippen LogP contribution in [-0.2, 0) is 5.16 Å². The second-order valence-electron chi connectivity index (χ2n) is 4.10. The molecule has 2 heteroatoms. The van der Waals surface area contributed by atoms with Gasteiger partial charge in [0.05, 0.1) is 0 Å². The predicted octanol–water partition coefficient (Wildman–Crippen LogP) is 4.68. The van der Waals surface area contributed by atoms with Gasteiger partial charge in [-0.2, -0.15) is 0 Å². The molecule has 76 valence electrons. The topological polar surface area (TPSA) is 0 Å². The zero-order chi connectivity index (χ0) is 9.86. The first-order valence-electron chi connectivity index (χ1n) is 5.31. The summed E-state index contributed by atoms with van der Waals surface area (Å²) in [5, 5.41) is 0.307. The maximum absolute atomic E-state index is 6.20. The molecule has 0 bridgehead atoms. The summed E-state index contributed by atoms with van der Waals surface area (Å²) < 4.78 is 0. The van der Waals surface area contributed by atoms with Gasteiger partial charge in [0, 0.05) is 5.16 Å². The lowest BCUT2D eigenvalue weighted by molar-refractivity contribution is 0.405. The molecule has 1 atom stereocenters. The van der Waals surface area contributed by atoms with E-state index in [4.69, 9.17) is 11.2 Å². The molecular weight excluding hydrogens is 211 g/mol. The normalized spacial score (nSPS) is 21.5. The highest BCUT2D eigenvalue weighted by molar-refractivity contribution is 7.69. The molecule has 2 rings (SSSR count). The zero-order valence-corrected chi connectivity index (χ0v) is 10.1. The minimum Gasteiger partial charge on any atom is -0.0991 e. The Hall–Kier alpha value is -0.0600. The average molecular weight is 227 g/mol. The minimum atomic E-state index is 0.307. The highest BCUT2D eigenvalue weighted by Gasteiger charge is 2.32. The van der Waals surface area contributed by atoms with Crippen LogP contribution in [0.5, 0.6) is 0 Å². The van der Waals surface area contributed by atoms with Gasteiger partial charge in [-0.25, -0.2) is 0 Å².